The van der Waals surface area contributed by atoms with Gasteiger partial charge < -0.3 is 9.64 Å². The molecule has 1 aromatic carbocycles. The second-order valence-corrected chi connectivity index (χ2v) is 5.91. The summed E-state index contributed by atoms with van der Waals surface area (Å²) < 4.78 is 5.27. The summed E-state index contributed by atoms with van der Waals surface area (Å²) in [5, 5.41) is 0.534. The monoisotopic (exact) mass is 263 g/mol. The number of nitrogens with zero attached hydrogens (tertiary/aromatic N) is 1. The van der Waals surface area contributed by atoms with Crippen molar-refractivity contribution in [2.45, 2.75) is 17.0 Å². The van der Waals surface area contributed by atoms with E-state index < -0.39 is 0 Å². The molecule has 1 unspecified atom stereocenters. The predicted molar refractivity (Wildman–Crippen MR) is 68.2 cm³/mol. The van der Waals surface area contributed by atoms with Crippen LogP contribution in [0.5, 0.6) is 0 Å². The number of rotatable bonds is 3. The van der Waals surface area contributed by atoms with Crippen LogP contribution in [0.25, 0.3) is 0 Å². The first-order chi connectivity index (χ1) is 8.74. The van der Waals surface area contributed by atoms with Gasteiger partial charge in [-0.15, -0.1) is 11.8 Å². The Balaban J connectivity index is 1.51. The number of hydrogen-bond acceptors (Lipinski definition) is 4. The first-order valence-electron chi connectivity index (χ1n) is 5.91. The minimum atomic E-state index is -0.295. The molecule has 5 heteroatoms. The molecule has 2 aliphatic rings. The van der Waals surface area contributed by atoms with Crippen LogP contribution in [-0.4, -0.2) is 40.6 Å². The Morgan fingerprint density at radius 1 is 1.39 bits per heavy atom. The van der Waals surface area contributed by atoms with Gasteiger partial charge in [-0.1, -0.05) is 18.2 Å². The van der Waals surface area contributed by atoms with Gasteiger partial charge in [0.05, 0.1) is 22.6 Å². The molecule has 4 nitrogen and oxygen atoms in total. The summed E-state index contributed by atoms with van der Waals surface area (Å²) in [4.78, 5) is 24.8. The van der Waals surface area contributed by atoms with Gasteiger partial charge in [0.1, 0.15) is 6.61 Å². The van der Waals surface area contributed by atoms with E-state index >= 15 is 0 Å². The van der Waals surface area contributed by atoms with Crippen LogP contribution in [0.4, 0.5) is 0 Å². The summed E-state index contributed by atoms with van der Waals surface area (Å²) in [6.07, 6.45) is 0.633. The van der Waals surface area contributed by atoms with E-state index in [0.717, 1.165) is 0 Å². The van der Waals surface area contributed by atoms with Crippen molar-refractivity contribution in [1.82, 2.24) is 4.90 Å². The number of β-lactam (4-membered cyclic amide) rings is 1. The normalized spacial score (nSPS) is 25.6. The van der Waals surface area contributed by atoms with Crippen LogP contribution in [0.15, 0.2) is 30.3 Å². The SMILES string of the molecule is O=C(OCC1CN2C(=O)C[C@@H]2S1)c1ccccc1. The molecule has 0 spiro atoms. The lowest BCUT2D eigenvalue weighted by atomic mass is 10.2. The lowest BCUT2D eigenvalue weighted by Crippen LogP contribution is -2.47. The fraction of sp³-hybridized carbons (Fsp3) is 0.385. The quantitative estimate of drug-likeness (QED) is 0.612. The highest BCUT2D eigenvalue weighted by molar-refractivity contribution is 8.00. The van der Waals surface area contributed by atoms with E-state index in [4.69, 9.17) is 4.74 Å². The van der Waals surface area contributed by atoms with Crippen LogP contribution in [-0.2, 0) is 9.53 Å². The molecule has 0 bridgehead atoms. The first kappa shape index (κ1) is 11.6. The summed E-state index contributed by atoms with van der Waals surface area (Å²) >= 11 is 1.73. The van der Waals surface area contributed by atoms with E-state index in [9.17, 15) is 9.59 Å². The summed E-state index contributed by atoms with van der Waals surface area (Å²) in [5.41, 5.74) is 0.569. The van der Waals surface area contributed by atoms with E-state index in [0.29, 0.717) is 30.5 Å². The number of amides is 1. The minimum absolute atomic E-state index is 0.212. The van der Waals surface area contributed by atoms with Crippen LogP contribution >= 0.6 is 11.8 Å². The lowest BCUT2D eigenvalue weighted by molar-refractivity contribution is -0.140. The third-order valence-electron chi connectivity index (χ3n) is 3.18. The van der Waals surface area contributed by atoms with Gasteiger partial charge in [0.25, 0.3) is 0 Å². The van der Waals surface area contributed by atoms with E-state index in [-0.39, 0.29) is 17.1 Å². The van der Waals surface area contributed by atoms with Gasteiger partial charge in [-0.2, -0.15) is 0 Å². The number of ether oxygens (including phenoxy) is 1. The summed E-state index contributed by atoms with van der Waals surface area (Å²) in [5.74, 6) is -0.0823. The number of carbonyl (C=O) groups is 2. The van der Waals surface area contributed by atoms with Gasteiger partial charge in [-0.25, -0.2) is 4.79 Å². The topological polar surface area (TPSA) is 46.6 Å². The van der Waals surface area contributed by atoms with Gasteiger partial charge >= 0.3 is 5.97 Å². The Kier molecular flexibility index (Phi) is 2.99. The standard InChI is InChI=1S/C13H13NO3S/c15-11-6-12-14(11)7-10(18-12)8-17-13(16)9-4-2-1-3-5-9/h1-5,10,12H,6-8H2/t10?,12-/m0/s1. The van der Waals surface area contributed by atoms with E-state index in [1.54, 1.807) is 23.9 Å². The van der Waals surface area contributed by atoms with Crippen LogP contribution in [0, 0.1) is 0 Å². The summed E-state index contributed by atoms with van der Waals surface area (Å²) in [6.45, 7) is 1.08. The van der Waals surface area contributed by atoms with Crippen LogP contribution in [0.1, 0.15) is 16.8 Å². The van der Waals surface area contributed by atoms with Crippen molar-refractivity contribution < 1.29 is 14.3 Å². The molecular weight excluding hydrogens is 250 g/mol. The second kappa shape index (κ2) is 4.65. The number of benzene rings is 1. The maximum absolute atomic E-state index is 11.7. The zero-order chi connectivity index (χ0) is 12.5. The molecular formula is C13H13NO3S. The van der Waals surface area contributed by atoms with Crippen molar-refractivity contribution in [2.24, 2.45) is 0 Å². The molecule has 2 aliphatic heterocycles. The smallest absolute Gasteiger partial charge is 0.338 e. The van der Waals surface area contributed by atoms with Gasteiger partial charge in [0.2, 0.25) is 5.91 Å². The molecule has 2 saturated heterocycles. The molecule has 1 amide bonds. The fourth-order valence-electron chi connectivity index (χ4n) is 2.17. The van der Waals surface area contributed by atoms with Crippen LogP contribution in [0.3, 0.4) is 0 Å². The number of hydrogen-bond donors (Lipinski definition) is 0. The molecule has 2 heterocycles. The van der Waals surface area contributed by atoms with E-state index in [1.165, 1.54) is 0 Å². The highest BCUT2D eigenvalue weighted by Crippen LogP contribution is 2.39. The molecule has 0 aromatic heterocycles. The Morgan fingerprint density at radius 3 is 2.83 bits per heavy atom. The predicted octanol–water partition coefficient (Wildman–Crippen LogP) is 1.52. The zero-order valence-electron chi connectivity index (χ0n) is 9.74. The summed E-state index contributed by atoms with van der Waals surface area (Å²) in [6, 6.07) is 8.96. The molecule has 0 radical (unpaired) electrons. The molecule has 3 rings (SSSR count). The molecule has 2 fully saturated rings. The van der Waals surface area contributed by atoms with Crippen molar-refractivity contribution >= 4 is 23.6 Å². The van der Waals surface area contributed by atoms with Gasteiger partial charge in [-0.05, 0) is 12.1 Å². The Labute approximate surface area is 109 Å². The number of fused-ring (bicyclic) bond motifs is 1. The average molecular weight is 263 g/mol. The number of carbonyl (C=O) groups excluding carboxylic acids is 2. The molecule has 0 saturated carbocycles. The largest absolute Gasteiger partial charge is 0.461 e. The van der Waals surface area contributed by atoms with E-state index in [2.05, 4.69) is 0 Å². The van der Waals surface area contributed by atoms with Crippen molar-refractivity contribution in [3.8, 4) is 0 Å². The number of esters is 1. The molecule has 2 atom stereocenters. The average Bonchev–Trinajstić information content (AvgIpc) is 2.74. The van der Waals surface area contributed by atoms with Crippen molar-refractivity contribution in [3.63, 3.8) is 0 Å². The highest BCUT2D eigenvalue weighted by Gasteiger charge is 2.44. The lowest BCUT2D eigenvalue weighted by Gasteiger charge is -2.32. The van der Waals surface area contributed by atoms with Crippen molar-refractivity contribution in [2.75, 3.05) is 13.2 Å². The van der Waals surface area contributed by atoms with E-state index in [1.807, 2.05) is 23.1 Å². The summed E-state index contributed by atoms with van der Waals surface area (Å²) in [7, 11) is 0. The van der Waals surface area contributed by atoms with Gasteiger partial charge in [-0.3, -0.25) is 4.79 Å². The molecule has 0 N–H and O–H groups in total. The number of thioether (sulfide) groups is 1. The van der Waals surface area contributed by atoms with Crippen molar-refractivity contribution in [3.05, 3.63) is 35.9 Å². The Morgan fingerprint density at radius 2 is 2.17 bits per heavy atom. The third kappa shape index (κ3) is 2.10. The maximum Gasteiger partial charge on any atom is 0.338 e. The third-order valence-corrected chi connectivity index (χ3v) is 4.58. The molecule has 0 aliphatic carbocycles. The maximum atomic E-state index is 11.7. The first-order valence-corrected chi connectivity index (χ1v) is 6.85. The molecule has 18 heavy (non-hydrogen) atoms. The van der Waals surface area contributed by atoms with Crippen LogP contribution < -0.4 is 0 Å². The second-order valence-electron chi connectivity index (χ2n) is 4.43. The minimum Gasteiger partial charge on any atom is -0.461 e. The van der Waals surface area contributed by atoms with Crippen molar-refractivity contribution in [1.29, 1.82) is 0 Å². The molecule has 1 aromatic rings. The van der Waals surface area contributed by atoms with Crippen LogP contribution in [0.2, 0.25) is 0 Å². The molecule has 94 valence electrons. The van der Waals surface area contributed by atoms with Gasteiger partial charge in [0, 0.05) is 6.54 Å². The Bertz CT molecular complexity index is 476. The van der Waals surface area contributed by atoms with Gasteiger partial charge in [0.15, 0.2) is 0 Å². The highest BCUT2D eigenvalue weighted by atomic mass is 32.2. The fourth-order valence-corrected chi connectivity index (χ4v) is 3.60. The Hall–Kier alpha value is -1.49. The zero-order valence-corrected chi connectivity index (χ0v) is 10.6.